The Morgan fingerprint density at radius 3 is 2.86 bits per heavy atom. The van der Waals surface area contributed by atoms with Crippen LogP contribution in [-0.4, -0.2) is 19.3 Å². The first kappa shape index (κ1) is 9.28. The first-order valence-corrected chi connectivity index (χ1v) is 4.82. The van der Waals surface area contributed by atoms with E-state index in [0.717, 1.165) is 12.4 Å². The molecule has 2 nitrogen and oxygen atoms in total. The highest BCUT2D eigenvalue weighted by atomic mass is 16.6. The van der Waals surface area contributed by atoms with Gasteiger partial charge in [0.2, 0.25) is 0 Å². The predicted molar refractivity (Wildman–Crippen MR) is 55.8 cm³/mol. The molecule has 1 fully saturated rings. The van der Waals surface area contributed by atoms with E-state index in [0.29, 0.717) is 12.7 Å². The average Bonchev–Trinajstić information content (AvgIpc) is 3.00. The van der Waals surface area contributed by atoms with Crippen molar-refractivity contribution < 1.29 is 9.47 Å². The van der Waals surface area contributed by atoms with Gasteiger partial charge in [0.1, 0.15) is 12.7 Å². The third kappa shape index (κ3) is 2.89. The summed E-state index contributed by atoms with van der Waals surface area (Å²) < 4.78 is 10.6. The zero-order valence-corrected chi connectivity index (χ0v) is 8.27. The van der Waals surface area contributed by atoms with Gasteiger partial charge in [-0.15, -0.1) is 0 Å². The van der Waals surface area contributed by atoms with E-state index in [4.69, 9.17) is 9.47 Å². The fraction of sp³-hybridized carbons (Fsp3) is 0.333. The van der Waals surface area contributed by atoms with Crippen molar-refractivity contribution in [3.05, 3.63) is 41.7 Å². The lowest BCUT2D eigenvalue weighted by atomic mass is 10.2. The summed E-state index contributed by atoms with van der Waals surface area (Å²) in [6.45, 7) is 3.49. The summed E-state index contributed by atoms with van der Waals surface area (Å²) in [5.41, 5.74) is 1.17. The molecular formula is C12H14O2. The van der Waals surface area contributed by atoms with Gasteiger partial charge < -0.3 is 9.47 Å². The highest BCUT2D eigenvalue weighted by Gasteiger charge is 2.22. The average molecular weight is 190 g/mol. The van der Waals surface area contributed by atoms with Gasteiger partial charge in [-0.05, 0) is 18.6 Å². The predicted octanol–water partition coefficient (Wildman–Crippen LogP) is 2.46. The van der Waals surface area contributed by atoms with Crippen molar-refractivity contribution in [1.29, 1.82) is 0 Å². The summed E-state index contributed by atoms with van der Waals surface area (Å²) in [6, 6.07) is 10.2. The Bertz CT molecular complexity index is 312. The quantitative estimate of drug-likeness (QED) is 0.537. The maximum atomic E-state index is 5.51. The SMILES string of the molecule is CC(=Cc1ccccc1)OCC1CO1. The van der Waals surface area contributed by atoms with Gasteiger partial charge in [-0.25, -0.2) is 0 Å². The summed E-state index contributed by atoms with van der Waals surface area (Å²) in [5.74, 6) is 0.937. The second-order valence-electron chi connectivity index (χ2n) is 3.43. The van der Waals surface area contributed by atoms with Crippen LogP contribution in [0.15, 0.2) is 36.1 Å². The zero-order chi connectivity index (χ0) is 9.80. The minimum atomic E-state index is 0.328. The van der Waals surface area contributed by atoms with E-state index in [1.54, 1.807) is 0 Å². The summed E-state index contributed by atoms with van der Waals surface area (Å²) in [6.07, 6.45) is 2.36. The lowest BCUT2D eigenvalue weighted by Gasteiger charge is -2.03. The minimum absolute atomic E-state index is 0.328. The van der Waals surface area contributed by atoms with Crippen LogP contribution in [0.25, 0.3) is 6.08 Å². The fourth-order valence-corrected chi connectivity index (χ4v) is 1.21. The third-order valence-corrected chi connectivity index (χ3v) is 2.07. The number of benzene rings is 1. The van der Waals surface area contributed by atoms with Crippen LogP contribution >= 0.6 is 0 Å². The van der Waals surface area contributed by atoms with Crippen LogP contribution in [0, 0.1) is 0 Å². The molecule has 14 heavy (non-hydrogen) atoms. The molecule has 2 rings (SSSR count). The summed E-state index contributed by atoms with van der Waals surface area (Å²) in [5, 5.41) is 0. The molecule has 1 aromatic rings. The number of ether oxygens (including phenoxy) is 2. The van der Waals surface area contributed by atoms with E-state index in [2.05, 4.69) is 12.1 Å². The molecule has 2 heteroatoms. The minimum Gasteiger partial charge on any atom is -0.495 e. The molecule has 1 unspecified atom stereocenters. The molecule has 0 spiro atoms. The second-order valence-corrected chi connectivity index (χ2v) is 3.43. The third-order valence-electron chi connectivity index (χ3n) is 2.07. The number of hydrogen-bond donors (Lipinski definition) is 0. The van der Waals surface area contributed by atoms with Crippen LogP contribution in [0.2, 0.25) is 0 Å². The summed E-state index contributed by atoms with van der Waals surface area (Å²) >= 11 is 0. The molecule has 0 N–H and O–H groups in total. The Hall–Kier alpha value is -1.28. The van der Waals surface area contributed by atoms with Crippen LogP contribution in [-0.2, 0) is 9.47 Å². The van der Waals surface area contributed by atoms with Gasteiger partial charge in [0, 0.05) is 0 Å². The van der Waals surface area contributed by atoms with Gasteiger partial charge >= 0.3 is 0 Å². The van der Waals surface area contributed by atoms with Crippen LogP contribution < -0.4 is 0 Å². The summed E-state index contributed by atoms with van der Waals surface area (Å²) in [4.78, 5) is 0. The van der Waals surface area contributed by atoms with Gasteiger partial charge in [0.15, 0.2) is 0 Å². The Balaban J connectivity index is 1.88. The van der Waals surface area contributed by atoms with E-state index in [1.807, 2.05) is 31.2 Å². The molecule has 1 aromatic carbocycles. The molecule has 1 saturated heterocycles. The van der Waals surface area contributed by atoms with Crippen molar-refractivity contribution >= 4 is 6.08 Å². The molecule has 1 aliphatic rings. The van der Waals surface area contributed by atoms with E-state index < -0.39 is 0 Å². The van der Waals surface area contributed by atoms with Gasteiger partial charge in [-0.1, -0.05) is 30.3 Å². The van der Waals surface area contributed by atoms with Gasteiger partial charge in [-0.3, -0.25) is 0 Å². The number of rotatable bonds is 4. The maximum Gasteiger partial charge on any atom is 0.116 e. The number of allylic oxidation sites excluding steroid dienone is 1. The van der Waals surface area contributed by atoms with Crippen LogP contribution in [0.5, 0.6) is 0 Å². The Labute approximate surface area is 84.2 Å². The number of hydrogen-bond acceptors (Lipinski definition) is 2. The van der Waals surface area contributed by atoms with Crippen LogP contribution in [0.4, 0.5) is 0 Å². The van der Waals surface area contributed by atoms with Gasteiger partial charge in [-0.2, -0.15) is 0 Å². The maximum absolute atomic E-state index is 5.51. The molecule has 0 bridgehead atoms. The Morgan fingerprint density at radius 1 is 1.50 bits per heavy atom. The van der Waals surface area contributed by atoms with E-state index in [1.165, 1.54) is 5.56 Å². The first-order chi connectivity index (χ1) is 6.84. The normalized spacial score (nSPS) is 20.6. The Kier molecular flexibility index (Phi) is 2.84. The topological polar surface area (TPSA) is 21.8 Å². The number of epoxide rings is 1. The molecule has 1 heterocycles. The van der Waals surface area contributed by atoms with Crippen molar-refractivity contribution in [3.63, 3.8) is 0 Å². The van der Waals surface area contributed by atoms with Crippen molar-refractivity contribution in [2.24, 2.45) is 0 Å². The second kappa shape index (κ2) is 4.29. The smallest absolute Gasteiger partial charge is 0.116 e. The van der Waals surface area contributed by atoms with Crippen LogP contribution in [0.3, 0.4) is 0 Å². The van der Waals surface area contributed by atoms with E-state index in [-0.39, 0.29) is 0 Å². The van der Waals surface area contributed by atoms with Crippen molar-refractivity contribution in [2.75, 3.05) is 13.2 Å². The van der Waals surface area contributed by atoms with E-state index >= 15 is 0 Å². The van der Waals surface area contributed by atoms with Gasteiger partial charge in [0.05, 0.1) is 12.4 Å². The van der Waals surface area contributed by atoms with Crippen molar-refractivity contribution in [1.82, 2.24) is 0 Å². The Morgan fingerprint density at radius 2 is 2.21 bits per heavy atom. The molecular weight excluding hydrogens is 176 g/mol. The lowest BCUT2D eigenvalue weighted by molar-refractivity contribution is 0.187. The largest absolute Gasteiger partial charge is 0.495 e. The van der Waals surface area contributed by atoms with Crippen molar-refractivity contribution in [3.8, 4) is 0 Å². The highest BCUT2D eigenvalue weighted by Crippen LogP contribution is 2.12. The first-order valence-electron chi connectivity index (χ1n) is 4.82. The van der Waals surface area contributed by atoms with Gasteiger partial charge in [0.25, 0.3) is 0 Å². The standard InChI is InChI=1S/C12H14O2/c1-10(13-8-12-9-14-12)7-11-5-3-2-4-6-11/h2-7,12H,8-9H2,1H3. The molecule has 0 amide bonds. The molecule has 74 valence electrons. The monoisotopic (exact) mass is 190 g/mol. The molecule has 1 atom stereocenters. The van der Waals surface area contributed by atoms with E-state index in [9.17, 15) is 0 Å². The fourth-order valence-electron chi connectivity index (χ4n) is 1.21. The molecule has 0 aliphatic carbocycles. The molecule has 0 saturated carbocycles. The summed E-state index contributed by atoms with van der Waals surface area (Å²) in [7, 11) is 0. The molecule has 0 radical (unpaired) electrons. The van der Waals surface area contributed by atoms with Crippen molar-refractivity contribution in [2.45, 2.75) is 13.0 Å². The lowest BCUT2D eigenvalue weighted by Crippen LogP contribution is -1.98. The van der Waals surface area contributed by atoms with Crippen LogP contribution in [0.1, 0.15) is 12.5 Å². The molecule has 1 aliphatic heterocycles. The zero-order valence-electron chi connectivity index (χ0n) is 8.27. The highest BCUT2D eigenvalue weighted by molar-refractivity contribution is 5.50. The molecule has 0 aromatic heterocycles.